The van der Waals surface area contributed by atoms with Crippen LogP contribution in [0.5, 0.6) is 0 Å². The van der Waals surface area contributed by atoms with Crippen molar-refractivity contribution < 1.29 is 22.4 Å². The van der Waals surface area contributed by atoms with Crippen molar-refractivity contribution in [2.24, 2.45) is 0 Å². The van der Waals surface area contributed by atoms with E-state index in [-0.39, 0.29) is 24.5 Å². The summed E-state index contributed by atoms with van der Waals surface area (Å²) in [4.78, 5) is 23.5. The molecule has 1 atom stereocenters. The van der Waals surface area contributed by atoms with E-state index in [2.05, 4.69) is 0 Å². The standard InChI is InChI=1S/C14H15NO6S/c16-13(20-10-6-8-22(18,19)9-10)5-7-15-11-3-1-2-4-12(11)21-14(15)17/h1-4,10H,5-9H2/t10-/m0/s1. The molecule has 1 fully saturated rings. The molecule has 1 aromatic heterocycles. The number of benzene rings is 1. The molecule has 22 heavy (non-hydrogen) atoms. The van der Waals surface area contributed by atoms with Crippen molar-refractivity contribution in [2.45, 2.75) is 25.5 Å². The SMILES string of the molecule is O=C(CCn1c(=O)oc2ccccc21)O[C@H]1CCS(=O)(=O)C1. The van der Waals surface area contributed by atoms with E-state index in [1.54, 1.807) is 24.3 Å². The quantitative estimate of drug-likeness (QED) is 0.768. The van der Waals surface area contributed by atoms with Gasteiger partial charge in [0.1, 0.15) is 6.10 Å². The molecular formula is C14H15NO6S. The summed E-state index contributed by atoms with van der Waals surface area (Å²) >= 11 is 0. The molecule has 1 saturated heterocycles. The number of hydrogen-bond acceptors (Lipinski definition) is 6. The summed E-state index contributed by atoms with van der Waals surface area (Å²) < 4.78 is 34.2. The fraction of sp³-hybridized carbons (Fsp3) is 0.429. The molecule has 1 aliphatic heterocycles. The number of ether oxygens (including phenoxy) is 1. The van der Waals surface area contributed by atoms with Gasteiger partial charge in [-0.25, -0.2) is 13.2 Å². The second-order valence-corrected chi connectivity index (χ2v) is 7.48. The number of oxazole rings is 1. The minimum absolute atomic E-state index is 0.0139. The highest BCUT2D eigenvalue weighted by Crippen LogP contribution is 2.16. The number of nitrogens with zero attached hydrogens (tertiary/aromatic N) is 1. The summed E-state index contributed by atoms with van der Waals surface area (Å²) in [6.07, 6.45) is -0.252. The van der Waals surface area contributed by atoms with Gasteiger partial charge < -0.3 is 9.15 Å². The predicted octanol–water partition coefficient (Wildman–Crippen LogP) is 0.715. The van der Waals surface area contributed by atoms with E-state index in [0.29, 0.717) is 17.5 Å². The summed E-state index contributed by atoms with van der Waals surface area (Å²) in [7, 11) is -3.08. The lowest BCUT2D eigenvalue weighted by atomic mass is 10.3. The number of aryl methyl sites for hydroxylation is 1. The maximum absolute atomic E-state index is 11.8. The monoisotopic (exact) mass is 325 g/mol. The minimum atomic E-state index is -3.08. The lowest BCUT2D eigenvalue weighted by molar-refractivity contribution is -0.148. The van der Waals surface area contributed by atoms with Crippen LogP contribution in [-0.2, 0) is 25.9 Å². The molecule has 0 radical (unpaired) electrons. The van der Waals surface area contributed by atoms with Crippen LogP contribution in [0.3, 0.4) is 0 Å². The Morgan fingerprint density at radius 3 is 2.86 bits per heavy atom. The first-order valence-corrected chi connectivity index (χ1v) is 8.75. The Hall–Kier alpha value is -2.09. The Kier molecular flexibility index (Phi) is 3.78. The van der Waals surface area contributed by atoms with Gasteiger partial charge in [0.25, 0.3) is 0 Å². The maximum atomic E-state index is 11.8. The molecule has 118 valence electrons. The molecule has 3 rings (SSSR count). The molecule has 0 unspecified atom stereocenters. The third-order valence-electron chi connectivity index (χ3n) is 3.60. The number of carbonyl (C=O) groups is 1. The van der Waals surface area contributed by atoms with Crippen LogP contribution < -0.4 is 5.76 Å². The molecule has 0 spiro atoms. The average molecular weight is 325 g/mol. The number of sulfone groups is 1. The van der Waals surface area contributed by atoms with E-state index in [1.807, 2.05) is 0 Å². The first kappa shape index (κ1) is 14.8. The smallest absolute Gasteiger partial charge is 0.419 e. The van der Waals surface area contributed by atoms with E-state index < -0.39 is 27.7 Å². The van der Waals surface area contributed by atoms with Crippen molar-refractivity contribution in [2.75, 3.05) is 11.5 Å². The Morgan fingerprint density at radius 1 is 1.36 bits per heavy atom. The Bertz CT molecular complexity index is 863. The van der Waals surface area contributed by atoms with Crippen LogP contribution in [0.4, 0.5) is 0 Å². The molecule has 7 nitrogen and oxygen atoms in total. The molecule has 1 aliphatic rings. The summed E-state index contributed by atoms with van der Waals surface area (Å²) in [5, 5.41) is 0. The van der Waals surface area contributed by atoms with Crippen molar-refractivity contribution in [3.63, 3.8) is 0 Å². The molecule has 0 bridgehead atoms. The highest BCUT2D eigenvalue weighted by Gasteiger charge is 2.30. The van der Waals surface area contributed by atoms with Gasteiger partial charge in [0, 0.05) is 6.54 Å². The molecule has 0 amide bonds. The van der Waals surface area contributed by atoms with E-state index in [9.17, 15) is 18.0 Å². The van der Waals surface area contributed by atoms with Crippen molar-refractivity contribution in [1.29, 1.82) is 0 Å². The van der Waals surface area contributed by atoms with Gasteiger partial charge in [0.2, 0.25) is 0 Å². The second kappa shape index (κ2) is 5.60. The van der Waals surface area contributed by atoms with Gasteiger partial charge >= 0.3 is 11.7 Å². The Balaban J connectivity index is 1.63. The Morgan fingerprint density at radius 2 is 2.14 bits per heavy atom. The number of esters is 1. The maximum Gasteiger partial charge on any atom is 0.419 e. The first-order valence-electron chi connectivity index (χ1n) is 6.93. The molecule has 1 aromatic carbocycles. The van der Waals surface area contributed by atoms with Gasteiger partial charge in [-0.15, -0.1) is 0 Å². The largest absolute Gasteiger partial charge is 0.461 e. The minimum Gasteiger partial charge on any atom is -0.461 e. The highest BCUT2D eigenvalue weighted by atomic mass is 32.2. The number of carbonyl (C=O) groups excluding carboxylic acids is 1. The topological polar surface area (TPSA) is 95.6 Å². The third-order valence-corrected chi connectivity index (χ3v) is 5.34. The first-order chi connectivity index (χ1) is 10.4. The molecular weight excluding hydrogens is 310 g/mol. The van der Waals surface area contributed by atoms with E-state index >= 15 is 0 Å². The van der Waals surface area contributed by atoms with E-state index in [1.165, 1.54) is 4.57 Å². The van der Waals surface area contributed by atoms with Crippen molar-refractivity contribution in [1.82, 2.24) is 4.57 Å². The Labute approximate surface area is 126 Å². The molecule has 0 aliphatic carbocycles. The van der Waals surface area contributed by atoms with Crippen molar-refractivity contribution in [3.05, 3.63) is 34.8 Å². The summed E-state index contributed by atoms with van der Waals surface area (Å²) in [5.41, 5.74) is 1.08. The van der Waals surface area contributed by atoms with Crippen LogP contribution in [0.15, 0.2) is 33.5 Å². The van der Waals surface area contributed by atoms with Gasteiger partial charge in [0.15, 0.2) is 15.4 Å². The average Bonchev–Trinajstić information content (AvgIpc) is 2.95. The van der Waals surface area contributed by atoms with E-state index in [0.717, 1.165) is 0 Å². The van der Waals surface area contributed by atoms with Crippen molar-refractivity contribution in [3.8, 4) is 0 Å². The van der Waals surface area contributed by atoms with Crippen LogP contribution in [-0.4, -0.2) is 36.6 Å². The summed E-state index contributed by atoms with van der Waals surface area (Å²) in [6, 6.07) is 6.93. The lowest BCUT2D eigenvalue weighted by Gasteiger charge is -2.10. The fourth-order valence-electron chi connectivity index (χ4n) is 2.53. The van der Waals surface area contributed by atoms with E-state index in [4.69, 9.17) is 9.15 Å². The number of fused-ring (bicyclic) bond motifs is 1. The van der Waals surface area contributed by atoms with Gasteiger partial charge in [-0.05, 0) is 18.6 Å². The molecule has 2 heterocycles. The summed E-state index contributed by atoms with van der Waals surface area (Å²) in [5.74, 6) is -1.11. The number of para-hydroxylation sites is 2. The van der Waals surface area contributed by atoms with Crippen LogP contribution in [0.1, 0.15) is 12.8 Å². The molecule has 0 saturated carbocycles. The fourth-order valence-corrected chi connectivity index (χ4v) is 4.12. The number of aromatic nitrogens is 1. The normalized spacial score (nSPS) is 20.3. The zero-order chi connectivity index (χ0) is 15.7. The zero-order valence-corrected chi connectivity index (χ0v) is 12.5. The van der Waals surface area contributed by atoms with Gasteiger partial charge in [0.05, 0.1) is 23.4 Å². The lowest BCUT2D eigenvalue weighted by Crippen LogP contribution is -2.22. The molecule has 8 heteroatoms. The zero-order valence-electron chi connectivity index (χ0n) is 11.7. The van der Waals surface area contributed by atoms with Gasteiger partial charge in [-0.3, -0.25) is 9.36 Å². The number of hydrogen-bond donors (Lipinski definition) is 0. The van der Waals surface area contributed by atoms with Crippen LogP contribution in [0.2, 0.25) is 0 Å². The number of rotatable bonds is 4. The van der Waals surface area contributed by atoms with Crippen molar-refractivity contribution >= 4 is 26.9 Å². The molecule has 2 aromatic rings. The van der Waals surface area contributed by atoms with Crippen LogP contribution in [0.25, 0.3) is 11.1 Å². The summed E-state index contributed by atoms with van der Waals surface area (Å²) in [6.45, 7) is 0.133. The third kappa shape index (κ3) is 3.06. The van der Waals surface area contributed by atoms with Gasteiger partial charge in [-0.2, -0.15) is 0 Å². The van der Waals surface area contributed by atoms with Gasteiger partial charge in [-0.1, -0.05) is 12.1 Å². The molecule has 0 N–H and O–H groups in total. The second-order valence-electron chi connectivity index (χ2n) is 5.25. The van der Waals surface area contributed by atoms with Crippen LogP contribution in [0, 0.1) is 0 Å². The highest BCUT2D eigenvalue weighted by molar-refractivity contribution is 7.91. The van der Waals surface area contributed by atoms with Crippen LogP contribution >= 0.6 is 0 Å². The predicted molar refractivity (Wildman–Crippen MR) is 78.2 cm³/mol.